The maximum absolute atomic E-state index is 5.20. The minimum Gasteiger partial charge on any atom is -0.376 e. The molecule has 4 N–H and O–H groups in total. The van der Waals surface area contributed by atoms with Crippen molar-refractivity contribution in [2.24, 2.45) is 5.73 Å². The van der Waals surface area contributed by atoms with Crippen LogP contribution in [-0.2, 0) is 0 Å². The van der Waals surface area contributed by atoms with E-state index in [1.54, 1.807) is 0 Å². The Labute approximate surface area is 65.8 Å². The van der Waals surface area contributed by atoms with Gasteiger partial charge in [-0.05, 0) is 12.2 Å². The molecular weight excluding hydrogens is 158 g/mol. The lowest BCUT2D eigenvalue weighted by Crippen LogP contribution is -2.57. The molecule has 0 unspecified atom stereocenters. The van der Waals surface area contributed by atoms with Gasteiger partial charge in [-0.2, -0.15) is 0 Å². The molecule has 1 aliphatic heterocycles. The molecule has 1 aliphatic rings. The first-order valence-electron chi connectivity index (χ1n) is 2.56. The number of rotatable bonds is 1. The van der Waals surface area contributed by atoms with Crippen molar-refractivity contribution in [1.82, 2.24) is 10.6 Å². The molecule has 1 saturated heterocycles. The van der Waals surface area contributed by atoms with Crippen molar-refractivity contribution in [3.63, 3.8) is 0 Å². The molecule has 0 radical (unpaired) electrons. The largest absolute Gasteiger partial charge is 0.376 e. The van der Waals surface area contributed by atoms with E-state index < -0.39 is 0 Å². The third kappa shape index (κ3) is 2.84. The number of nitrogens with two attached hydrogens (primary N) is 1. The Balaban J connectivity index is 0.000000640. The predicted molar refractivity (Wildman–Crippen MR) is 43.8 cm³/mol. The van der Waals surface area contributed by atoms with Crippen LogP contribution >= 0.6 is 24.6 Å². The molecular formula is C4H10ClN3S. The average molecular weight is 168 g/mol. The van der Waals surface area contributed by atoms with E-state index in [9.17, 15) is 0 Å². The van der Waals surface area contributed by atoms with Gasteiger partial charge < -0.3 is 16.4 Å². The monoisotopic (exact) mass is 167 g/mol. The normalized spacial score (nSPS) is 17.3. The third-order valence-corrected chi connectivity index (χ3v) is 1.25. The minimum absolute atomic E-state index is 0. The van der Waals surface area contributed by atoms with Gasteiger partial charge in [0.2, 0.25) is 0 Å². The van der Waals surface area contributed by atoms with Crippen molar-refractivity contribution in [3.8, 4) is 0 Å². The van der Waals surface area contributed by atoms with Gasteiger partial charge >= 0.3 is 0 Å². The molecule has 0 bridgehead atoms. The van der Waals surface area contributed by atoms with E-state index in [2.05, 4.69) is 22.9 Å². The van der Waals surface area contributed by atoms with Gasteiger partial charge in [-0.15, -0.1) is 12.4 Å². The molecule has 0 atom stereocenters. The molecule has 1 heterocycles. The van der Waals surface area contributed by atoms with Gasteiger partial charge in [0.05, 0.1) is 6.04 Å². The molecule has 0 aliphatic carbocycles. The lowest BCUT2D eigenvalue weighted by atomic mass is 10.2. The lowest BCUT2D eigenvalue weighted by molar-refractivity contribution is 0.412. The van der Waals surface area contributed by atoms with Gasteiger partial charge in [-0.1, -0.05) is 0 Å². The fourth-order valence-corrected chi connectivity index (χ4v) is 0.759. The molecule has 1 rings (SSSR count). The number of nitrogens with one attached hydrogen (secondary N) is 2. The molecule has 0 amide bonds. The van der Waals surface area contributed by atoms with Crippen LogP contribution < -0.4 is 16.4 Å². The number of hydrogen-bond donors (Lipinski definition) is 3. The number of thiocarbonyl (C=S) groups is 1. The summed E-state index contributed by atoms with van der Waals surface area (Å²) in [5.41, 5.74) is 5.20. The van der Waals surface area contributed by atoms with Crippen LogP contribution in [0.2, 0.25) is 0 Å². The van der Waals surface area contributed by atoms with Crippen molar-refractivity contribution < 1.29 is 0 Å². The predicted octanol–water partition coefficient (Wildman–Crippen LogP) is -0.787. The Kier molecular flexibility index (Phi) is 3.84. The van der Waals surface area contributed by atoms with Crippen LogP contribution in [0, 0.1) is 0 Å². The van der Waals surface area contributed by atoms with Crippen molar-refractivity contribution in [3.05, 3.63) is 0 Å². The van der Waals surface area contributed by atoms with Gasteiger partial charge in [-0.3, -0.25) is 0 Å². The van der Waals surface area contributed by atoms with Crippen LogP contribution in [0.4, 0.5) is 0 Å². The van der Waals surface area contributed by atoms with Crippen LogP contribution in [0.1, 0.15) is 0 Å². The molecule has 3 nitrogen and oxygen atoms in total. The van der Waals surface area contributed by atoms with Crippen LogP contribution in [-0.4, -0.2) is 24.2 Å². The van der Waals surface area contributed by atoms with Gasteiger partial charge in [0.15, 0.2) is 5.11 Å². The summed E-state index contributed by atoms with van der Waals surface area (Å²) in [6, 6.07) is 0.479. The number of hydrogen-bond acceptors (Lipinski definition) is 2. The van der Waals surface area contributed by atoms with Crippen LogP contribution in [0.3, 0.4) is 0 Å². The quantitative estimate of drug-likeness (QED) is 0.449. The second-order valence-electron chi connectivity index (χ2n) is 1.86. The Bertz CT molecular complexity index is 104. The fourth-order valence-electron chi connectivity index (χ4n) is 0.592. The van der Waals surface area contributed by atoms with Crippen LogP contribution in [0.15, 0.2) is 0 Å². The zero-order valence-electron chi connectivity index (χ0n) is 4.89. The zero-order chi connectivity index (χ0) is 5.98. The SMILES string of the molecule is Cl.NC(=S)NC1CNC1. The van der Waals surface area contributed by atoms with Gasteiger partial charge in [0, 0.05) is 13.1 Å². The van der Waals surface area contributed by atoms with Crippen molar-refractivity contribution in [2.45, 2.75) is 6.04 Å². The first-order chi connectivity index (χ1) is 3.79. The summed E-state index contributed by atoms with van der Waals surface area (Å²) < 4.78 is 0. The lowest BCUT2D eigenvalue weighted by Gasteiger charge is -2.27. The first-order valence-corrected chi connectivity index (χ1v) is 2.96. The minimum atomic E-state index is 0. The Morgan fingerprint density at radius 1 is 1.67 bits per heavy atom. The molecule has 9 heavy (non-hydrogen) atoms. The molecule has 54 valence electrons. The van der Waals surface area contributed by atoms with E-state index in [0.717, 1.165) is 13.1 Å². The summed E-state index contributed by atoms with van der Waals surface area (Å²) in [6.07, 6.45) is 0. The Morgan fingerprint density at radius 3 is 2.33 bits per heavy atom. The second-order valence-corrected chi connectivity index (χ2v) is 2.30. The highest BCUT2D eigenvalue weighted by Gasteiger charge is 2.15. The van der Waals surface area contributed by atoms with Gasteiger partial charge in [0.1, 0.15) is 0 Å². The van der Waals surface area contributed by atoms with E-state index in [1.807, 2.05) is 0 Å². The summed E-state index contributed by atoms with van der Waals surface area (Å²) >= 11 is 4.61. The highest BCUT2D eigenvalue weighted by molar-refractivity contribution is 7.80. The fraction of sp³-hybridized carbons (Fsp3) is 0.750. The molecule has 1 fully saturated rings. The van der Waals surface area contributed by atoms with Crippen LogP contribution in [0.5, 0.6) is 0 Å². The van der Waals surface area contributed by atoms with E-state index in [4.69, 9.17) is 5.73 Å². The standard InChI is InChI=1S/C4H9N3S.ClH/c5-4(8)7-3-1-6-2-3;/h3,6H,1-2H2,(H3,5,7,8);1H. The summed E-state index contributed by atoms with van der Waals surface area (Å²) in [5.74, 6) is 0. The maximum Gasteiger partial charge on any atom is 0.163 e. The Hall–Kier alpha value is -0.0600. The number of halogens is 1. The molecule has 0 aromatic heterocycles. The van der Waals surface area contributed by atoms with Crippen molar-refractivity contribution >= 4 is 29.7 Å². The summed E-state index contributed by atoms with van der Waals surface area (Å²) in [5, 5.41) is 6.41. The molecule has 0 spiro atoms. The smallest absolute Gasteiger partial charge is 0.163 e. The maximum atomic E-state index is 5.20. The van der Waals surface area contributed by atoms with E-state index in [0.29, 0.717) is 11.2 Å². The second kappa shape index (κ2) is 3.87. The molecule has 0 aromatic rings. The average Bonchev–Trinajstić information content (AvgIpc) is 1.55. The van der Waals surface area contributed by atoms with Gasteiger partial charge in [-0.25, -0.2) is 0 Å². The zero-order valence-corrected chi connectivity index (χ0v) is 6.52. The molecule has 0 saturated carbocycles. The van der Waals surface area contributed by atoms with E-state index in [1.165, 1.54) is 0 Å². The van der Waals surface area contributed by atoms with Crippen molar-refractivity contribution in [1.29, 1.82) is 0 Å². The third-order valence-electron chi connectivity index (χ3n) is 1.13. The van der Waals surface area contributed by atoms with E-state index in [-0.39, 0.29) is 12.4 Å². The van der Waals surface area contributed by atoms with Crippen molar-refractivity contribution in [2.75, 3.05) is 13.1 Å². The highest BCUT2D eigenvalue weighted by Crippen LogP contribution is 1.87. The summed E-state index contributed by atoms with van der Waals surface area (Å²) in [7, 11) is 0. The first kappa shape index (κ1) is 8.94. The van der Waals surface area contributed by atoms with Gasteiger partial charge in [0.25, 0.3) is 0 Å². The topological polar surface area (TPSA) is 50.1 Å². The Morgan fingerprint density at radius 2 is 2.22 bits per heavy atom. The highest BCUT2D eigenvalue weighted by atomic mass is 35.5. The van der Waals surface area contributed by atoms with Crippen LogP contribution in [0.25, 0.3) is 0 Å². The van der Waals surface area contributed by atoms with E-state index >= 15 is 0 Å². The summed E-state index contributed by atoms with van der Waals surface area (Å²) in [4.78, 5) is 0. The molecule has 0 aromatic carbocycles. The molecule has 5 heteroatoms. The summed E-state index contributed by atoms with van der Waals surface area (Å²) in [6.45, 7) is 1.97.